The van der Waals surface area contributed by atoms with E-state index >= 15 is 0 Å². The van der Waals surface area contributed by atoms with Crippen LogP contribution in [0.5, 0.6) is 0 Å². The molecule has 29 heavy (non-hydrogen) atoms. The average molecular weight is 404 g/mol. The van der Waals surface area contributed by atoms with Crippen LogP contribution < -0.4 is 0 Å². The van der Waals surface area contributed by atoms with E-state index in [0.29, 0.717) is 30.6 Å². The number of nitro groups is 1. The number of nitrogens with zero attached hydrogens (tertiary/aromatic N) is 1. The summed E-state index contributed by atoms with van der Waals surface area (Å²) in [5, 5.41) is 22.1. The number of rotatable bonds is 5. The van der Waals surface area contributed by atoms with Gasteiger partial charge in [-0.25, -0.2) is 0 Å². The van der Waals surface area contributed by atoms with Crippen molar-refractivity contribution >= 4 is 11.6 Å². The van der Waals surface area contributed by atoms with E-state index in [1.807, 2.05) is 6.08 Å². The van der Waals surface area contributed by atoms with E-state index in [9.17, 15) is 24.8 Å². The molecular weight excluding hydrogens is 370 g/mol. The summed E-state index contributed by atoms with van der Waals surface area (Å²) in [5.74, 6) is 1.35. The predicted molar refractivity (Wildman–Crippen MR) is 108 cm³/mol. The van der Waals surface area contributed by atoms with Crippen LogP contribution in [0.4, 0.5) is 0 Å². The van der Waals surface area contributed by atoms with Gasteiger partial charge in [-0.2, -0.15) is 0 Å². The second-order valence-electron chi connectivity index (χ2n) is 10.4. The normalized spacial score (nSPS) is 43.8. The summed E-state index contributed by atoms with van der Waals surface area (Å²) >= 11 is 0. The van der Waals surface area contributed by atoms with Gasteiger partial charge in [-0.3, -0.25) is 19.7 Å². The van der Waals surface area contributed by atoms with Crippen molar-refractivity contribution in [1.82, 2.24) is 0 Å². The number of allylic oxidation sites excluding steroid dienone is 1. The molecule has 0 aliphatic heterocycles. The first kappa shape index (κ1) is 20.7. The standard InChI is InChI=1S/C23H33NO5/c1-21-10-7-16(25)14-15(21)5-6-17-18(21)8-11-22(2)19(17)9-12-23(22,27)20(26)4-3-13-24(28)29/h14,17-19,27H,3-13H2,1-2H3. The largest absolute Gasteiger partial charge is 0.381 e. The highest BCUT2D eigenvalue weighted by Gasteiger charge is 2.65. The van der Waals surface area contributed by atoms with Crippen molar-refractivity contribution in [3.63, 3.8) is 0 Å². The Morgan fingerprint density at radius 2 is 1.90 bits per heavy atom. The fourth-order valence-corrected chi connectivity index (χ4v) is 7.61. The molecule has 0 radical (unpaired) electrons. The Kier molecular flexibility index (Phi) is 5.00. The third kappa shape index (κ3) is 3.01. The Balaban J connectivity index is 1.56. The van der Waals surface area contributed by atoms with Gasteiger partial charge in [0.05, 0.1) is 0 Å². The van der Waals surface area contributed by atoms with Gasteiger partial charge in [0.1, 0.15) is 5.60 Å². The van der Waals surface area contributed by atoms with Gasteiger partial charge >= 0.3 is 0 Å². The van der Waals surface area contributed by atoms with Gasteiger partial charge in [0.25, 0.3) is 0 Å². The summed E-state index contributed by atoms with van der Waals surface area (Å²) < 4.78 is 0. The van der Waals surface area contributed by atoms with Gasteiger partial charge in [0.15, 0.2) is 11.6 Å². The van der Waals surface area contributed by atoms with Gasteiger partial charge in [-0.05, 0) is 74.2 Å². The molecule has 6 unspecified atom stereocenters. The van der Waals surface area contributed by atoms with Gasteiger partial charge in [-0.1, -0.05) is 19.4 Å². The Labute approximate surface area is 172 Å². The van der Waals surface area contributed by atoms with Crippen LogP contribution in [0.25, 0.3) is 0 Å². The summed E-state index contributed by atoms with van der Waals surface area (Å²) in [6, 6.07) is 0. The van der Waals surface area contributed by atoms with Crippen molar-refractivity contribution in [2.24, 2.45) is 28.6 Å². The number of hydrogen-bond donors (Lipinski definition) is 1. The maximum atomic E-state index is 13.0. The molecule has 160 valence electrons. The monoisotopic (exact) mass is 403 g/mol. The van der Waals surface area contributed by atoms with Crippen LogP contribution in [-0.2, 0) is 9.59 Å². The Bertz CT molecular complexity index is 775. The summed E-state index contributed by atoms with van der Waals surface area (Å²) in [5.41, 5.74) is -0.391. The SMILES string of the molecule is CC12CCC(=O)C=C1CCC1C2CCC2(C)C1CCC2(O)C(=O)CCC[N+](=O)[O-]. The molecule has 0 bridgehead atoms. The van der Waals surface area contributed by atoms with Gasteiger partial charge in [0.2, 0.25) is 6.54 Å². The van der Waals surface area contributed by atoms with E-state index < -0.39 is 15.9 Å². The molecular formula is C23H33NO5. The summed E-state index contributed by atoms with van der Waals surface area (Å²) in [6.07, 6.45) is 8.83. The Morgan fingerprint density at radius 3 is 2.62 bits per heavy atom. The highest BCUT2D eigenvalue weighted by Crippen LogP contribution is 2.67. The minimum Gasteiger partial charge on any atom is -0.381 e. The molecule has 3 fully saturated rings. The van der Waals surface area contributed by atoms with E-state index in [0.717, 1.165) is 38.5 Å². The molecule has 4 rings (SSSR count). The van der Waals surface area contributed by atoms with Crippen LogP contribution in [0.15, 0.2) is 11.6 Å². The lowest BCUT2D eigenvalue weighted by Gasteiger charge is -2.58. The van der Waals surface area contributed by atoms with Crippen LogP contribution in [0, 0.1) is 38.7 Å². The molecule has 6 atom stereocenters. The van der Waals surface area contributed by atoms with Crippen molar-refractivity contribution < 1.29 is 19.6 Å². The second-order valence-corrected chi connectivity index (χ2v) is 10.4. The van der Waals surface area contributed by atoms with Crippen LogP contribution >= 0.6 is 0 Å². The molecule has 0 spiro atoms. The van der Waals surface area contributed by atoms with Crippen LogP contribution in [0.2, 0.25) is 0 Å². The van der Waals surface area contributed by atoms with Gasteiger partial charge < -0.3 is 5.11 Å². The lowest BCUT2D eigenvalue weighted by Crippen LogP contribution is -2.57. The molecule has 0 saturated heterocycles. The maximum Gasteiger partial charge on any atom is 0.204 e. The number of aliphatic hydroxyl groups is 1. The van der Waals surface area contributed by atoms with Crippen LogP contribution in [0.1, 0.15) is 78.1 Å². The van der Waals surface area contributed by atoms with Gasteiger partial charge in [-0.15, -0.1) is 0 Å². The van der Waals surface area contributed by atoms with Crippen LogP contribution in [0.3, 0.4) is 0 Å². The lowest BCUT2D eigenvalue weighted by molar-refractivity contribution is -0.480. The zero-order valence-corrected chi connectivity index (χ0v) is 17.6. The molecule has 0 aromatic heterocycles. The molecule has 6 nitrogen and oxygen atoms in total. The van der Waals surface area contributed by atoms with Crippen molar-refractivity contribution in [2.75, 3.05) is 6.54 Å². The summed E-state index contributed by atoms with van der Waals surface area (Å²) in [6.45, 7) is 4.19. The minimum absolute atomic E-state index is 0.0780. The number of Topliss-reactive ketones (excluding diaryl/α,β-unsaturated/α-hetero) is 1. The number of carbonyl (C=O) groups is 2. The van der Waals surface area contributed by atoms with E-state index in [-0.39, 0.29) is 36.4 Å². The lowest BCUT2D eigenvalue weighted by atomic mass is 9.46. The highest BCUT2D eigenvalue weighted by atomic mass is 16.6. The Hall–Kier alpha value is -1.56. The van der Waals surface area contributed by atoms with Crippen LogP contribution in [-0.4, -0.2) is 33.7 Å². The maximum absolute atomic E-state index is 13.0. The number of ketones is 2. The highest BCUT2D eigenvalue weighted by molar-refractivity contribution is 5.91. The molecule has 1 N–H and O–H groups in total. The van der Waals surface area contributed by atoms with E-state index in [1.165, 1.54) is 5.57 Å². The van der Waals surface area contributed by atoms with Crippen molar-refractivity contribution in [1.29, 1.82) is 0 Å². The Morgan fingerprint density at radius 1 is 1.17 bits per heavy atom. The smallest absolute Gasteiger partial charge is 0.204 e. The number of carbonyl (C=O) groups excluding carboxylic acids is 2. The first-order valence-electron chi connectivity index (χ1n) is 11.2. The fraction of sp³-hybridized carbons (Fsp3) is 0.826. The van der Waals surface area contributed by atoms with Crippen molar-refractivity contribution in [3.05, 3.63) is 21.8 Å². The first-order chi connectivity index (χ1) is 13.6. The molecule has 0 amide bonds. The van der Waals surface area contributed by atoms with Gasteiger partial charge in [0, 0.05) is 29.6 Å². The minimum atomic E-state index is -1.35. The topological polar surface area (TPSA) is 97.5 Å². The molecule has 0 heterocycles. The second kappa shape index (κ2) is 7.00. The first-order valence-corrected chi connectivity index (χ1v) is 11.2. The molecule has 0 aromatic rings. The summed E-state index contributed by atoms with van der Waals surface area (Å²) in [4.78, 5) is 35.1. The molecule has 3 saturated carbocycles. The third-order valence-corrected chi connectivity index (χ3v) is 9.32. The van der Waals surface area contributed by atoms with E-state index in [4.69, 9.17) is 0 Å². The summed E-state index contributed by atoms with van der Waals surface area (Å²) in [7, 11) is 0. The molecule has 4 aliphatic carbocycles. The molecule has 4 aliphatic rings. The predicted octanol–water partition coefficient (Wildman–Crippen LogP) is 3.88. The third-order valence-electron chi connectivity index (χ3n) is 9.32. The van der Waals surface area contributed by atoms with Crippen molar-refractivity contribution in [2.45, 2.75) is 83.7 Å². The number of hydrogen-bond acceptors (Lipinski definition) is 5. The zero-order chi connectivity index (χ0) is 21.0. The number of fused-ring (bicyclic) bond motifs is 5. The molecule has 0 aromatic carbocycles. The zero-order valence-electron chi connectivity index (χ0n) is 17.6. The van der Waals surface area contributed by atoms with Crippen molar-refractivity contribution in [3.8, 4) is 0 Å². The van der Waals surface area contributed by atoms with E-state index in [2.05, 4.69) is 13.8 Å². The molecule has 6 heteroatoms. The quantitative estimate of drug-likeness (QED) is 0.555. The average Bonchev–Trinajstić information content (AvgIpc) is 2.94. The van der Waals surface area contributed by atoms with E-state index in [1.54, 1.807) is 0 Å². The fourth-order valence-electron chi connectivity index (χ4n) is 7.61.